The third-order valence-electron chi connectivity index (χ3n) is 1.56. The minimum Gasteiger partial charge on any atom is -0.393 e. The van der Waals surface area contributed by atoms with E-state index in [0.29, 0.717) is 5.92 Å². The molecule has 0 aliphatic heterocycles. The van der Waals surface area contributed by atoms with Gasteiger partial charge in [-0.05, 0) is 18.8 Å². The molecular weight excluding hydrogens is 124 g/mol. The number of hydrogen-bond acceptors (Lipinski definition) is 1. The monoisotopic (exact) mass is 142 g/mol. The fourth-order valence-electron chi connectivity index (χ4n) is 0.558. The van der Waals surface area contributed by atoms with E-state index < -0.39 is 0 Å². The van der Waals surface area contributed by atoms with Gasteiger partial charge in [0.15, 0.2) is 0 Å². The van der Waals surface area contributed by atoms with E-state index in [1.165, 1.54) is 0 Å². The van der Waals surface area contributed by atoms with Gasteiger partial charge in [-0.1, -0.05) is 32.9 Å². The zero-order valence-corrected chi connectivity index (χ0v) is 7.33. The summed E-state index contributed by atoms with van der Waals surface area (Å²) in [6.45, 7) is 8.09. The van der Waals surface area contributed by atoms with E-state index in [1.54, 1.807) is 0 Å². The molecule has 0 saturated carbocycles. The molecule has 0 amide bonds. The Morgan fingerprint density at radius 2 is 1.50 bits per heavy atom. The lowest BCUT2D eigenvalue weighted by atomic mass is 10.0. The Kier molecular flexibility index (Phi) is 4.37. The van der Waals surface area contributed by atoms with Crippen molar-refractivity contribution in [3.05, 3.63) is 12.2 Å². The van der Waals surface area contributed by atoms with Gasteiger partial charge in [0.25, 0.3) is 0 Å². The van der Waals surface area contributed by atoms with Crippen LogP contribution in [0.1, 0.15) is 27.7 Å². The molecule has 0 spiro atoms. The molecule has 60 valence electrons. The minimum absolute atomic E-state index is 0.227. The average molecular weight is 142 g/mol. The third-order valence-corrected chi connectivity index (χ3v) is 1.56. The van der Waals surface area contributed by atoms with Crippen molar-refractivity contribution in [1.29, 1.82) is 0 Å². The molecule has 0 rings (SSSR count). The summed E-state index contributed by atoms with van der Waals surface area (Å²) in [5.74, 6) is 0.864. The predicted octanol–water partition coefficient (Wildman–Crippen LogP) is 2.22. The van der Waals surface area contributed by atoms with Crippen molar-refractivity contribution in [3.63, 3.8) is 0 Å². The SMILES string of the molecule is CC(C)/C=C/C(C)C(C)O. The van der Waals surface area contributed by atoms with Gasteiger partial charge in [0.2, 0.25) is 0 Å². The summed E-state index contributed by atoms with van der Waals surface area (Å²) in [7, 11) is 0. The highest BCUT2D eigenvalue weighted by atomic mass is 16.3. The lowest BCUT2D eigenvalue weighted by Gasteiger charge is -2.08. The molecule has 1 heteroatoms. The zero-order chi connectivity index (χ0) is 8.15. The first-order valence-electron chi connectivity index (χ1n) is 3.90. The van der Waals surface area contributed by atoms with Crippen molar-refractivity contribution >= 4 is 0 Å². The van der Waals surface area contributed by atoms with Crippen LogP contribution in [0.4, 0.5) is 0 Å². The Bertz CT molecular complexity index is 103. The summed E-state index contributed by atoms with van der Waals surface area (Å²) < 4.78 is 0. The van der Waals surface area contributed by atoms with Crippen molar-refractivity contribution in [2.45, 2.75) is 33.8 Å². The Morgan fingerprint density at radius 1 is 1.00 bits per heavy atom. The Labute approximate surface area is 63.8 Å². The highest BCUT2D eigenvalue weighted by Gasteiger charge is 2.02. The fraction of sp³-hybridized carbons (Fsp3) is 0.778. The predicted molar refractivity (Wildman–Crippen MR) is 44.8 cm³/mol. The second kappa shape index (κ2) is 4.51. The van der Waals surface area contributed by atoms with Gasteiger partial charge in [-0.2, -0.15) is 0 Å². The van der Waals surface area contributed by atoms with Gasteiger partial charge in [-0.3, -0.25) is 0 Å². The number of rotatable bonds is 3. The summed E-state index contributed by atoms with van der Waals surface area (Å²) in [5.41, 5.74) is 0. The molecule has 0 aliphatic rings. The van der Waals surface area contributed by atoms with Crippen LogP contribution in [0, 0.1) is 11.8 Å². The topological polar surface area (TPSA) is 20.2 Å². The Hall–Kier alpha value is -0.300. The number of allylic oxidation sites excluding steroid dienone is 1. The van der Waals surface area contributed by atoms with Crippen LogP contribution in [-0.2, 0) is 0 Å². The van der Waals surface area contributed by atoms with Crippen LogP contribution in [0.3, 0.4) is 0 Å². The van der Waals surface area contributed by atoms with Crippen molar-refractivity contribution in [2.24, 2.45) is 11.8 Å². The van der Waals surface area contributed by atoms with E-state index in [9.17, 15) is 0 Å². The molecule has 1 nitrogen and oxygen atoms in total. The highest BCUT2D eigenvalue weighted by molar-refractivity contribution is 4.90. The number of hydrogen-bond donors (Lipinski definition) is 1. The van der Waals surface area contributed by atoms with Gasteiger partial charge in [-0.15, -0.1) is 0 Å². The average Bonchev–Trinajstić information content (AvgIpc) is 1.82. The van der Waals surface area contributed by atoms with Crippen molar-refractivity contribution < 1.29 is 5.11 Å². The summed E-state index contributed by atoms with van der Waals surface area (Å²) in [6, 6.07) is 0. The summed E-state index contributed by atoms with van der Waals surface area (Å²) >= 11 is 0. The van der Waals surface area contributed by atoms with E-state index >= 15 is 0 Å². The van der Waals surface area contributed by atoms with Crippen LogP contribution < -0.4 is 0 Å². The van der Waals surface area contributed by atoms with E-state index in [2.05, 4.69) is 26.0 Å². The van der Waals surface area contributed by atoms with Gasteiger partial charge in [0, 0.05) is 0 Å². The van der Waals surface area contributed by atoms with E-state index in [0.717, 1.165) is 0 Å². The van der Waals surface area contributed by atoms with E-state index in [1.807, 2.05) is 13.8 Å². The quantitative estimate of drug-likeness (QED) is 0.599. The lowest BCUT2D eigenvalue weighted by molar-refractivity contribution is 0.157. The molecule has 0 aromatic rings. The molecule has 0 aromatic heterocycles. The summed E-state index contributed by atoms with van der Waals surface area (Å²) in [6.07, 6.45) is 3.96. The molecule has 0 aliphatic carbocycles. The van der Waals surface area contributed by atoms with Gasteiger partial charge in [-0.25, -0.2) is 0 Å². The number of aliphatic hydroxyl groups excluding tert-OH is 1. The highest BCUT2D eigenvalue weighted by Crippen LogP contribution is 2.05. The van der Waals surface area contributed by atoms with Crippen LogP contribution in [0.2, 0.25) is 0 Å². The van der Waals surface area contributed by atoms with Gasteiger partial charge in [0.1, 0.15) is 0 Å². The first-order chi connectivity index (χ1) is 4.54. The van der Waals surface area contributed by atoms with E-state index in [4.69, 9.17) is 5.11 Å². The molecule has 0 heterocycles. The maximum absolute atomic E-state index is 9.08. The second-order valence-corrected chi connectivity index (χ2v) is 3.23. The molecule has 0 saturated heterocycles. The second-order valence-electron chi connectivity index (χ2n) is 3.23. The Balaban J connectivity index is 3.66. The molecule has 1 N–H and O–H groups in total. The third kappa shape index (κ3) is 4.57. The normalized spacial score (nSPS) is 18.2. The maximum Gasteiger partial charge on any atom is 0.0572 e. The number of aliphatic hydroxyl groups is 1. The van der Waals surface area contributed by atoms with Crippen molar-refractivity contribution in [3.8, 4) is 0 Å². The molecule has 0 fully saturated rings. The molecule has 2 unspecified atom stereocenters. The lowest BCUT2D eigenvalue weighted by Crippen LogP contribution is -2.09. The smallest absolute Gasteiger partial charge is 0.0572 e. The Morgan fingerprint density at radius 3 is 1.80 bits per heavy atom. The van der Waals surface area contributed by atoms with E-state index in [-0.39, 0.29) is 12.0 Å². The summed E-state index contributed by atoms with van der Waals surface area (Å²) in [4.78, 5) is 0. The maximum atomic E-state index is 9.08. The molecule has 0 bridgehead atoms. The van der Waals surface area contributed by atoms with Crippen LogP contribution >= 0.6 is 0 Å². The summed E-state index contributed by atoms with van der Waals surface area (Å²) in [5, 5.41) is 9.08. The van der Waals surface area contributed by atoms with Crippen molar-refractivity contribution in [2.75, 3.05) is 0 Å². The molecule has 10 heavy (non-hydrogen) atoms. The van der Waals surface area contributed by atoms with Gasteiger partial charge >= 0.3 is 0 Å². The molecule has 0 aromatic carbocycles. The van der Waals surface area contributed by atoms with Crippen LogP contribution in [0.15, 0.2) is 12.2 Å². The molecule has 2 atom stereocenters. The molecular formula is C9H18O. The first-order valence-corrected chi connectivity index (χ1v) is 3.90. The zero-order valence-electron chi connectivity index (χ0n) is 7.33. The standard InChI is InChI=1S/C9H18O/c1-7(2)5-6-8(3)9(4)10/h5-10H,1-4H3/b6-5+. The van der Waals surface area contributed by atoms with Crippen LogP contribution in [-0.4, -0.2) is 11.2 Å². The van der Waals surface area contributed by atoms with Gasteiger partial charge < -0.3 is 5.11 Å². The van der Waals surface area contributed by atoms with Gasteiger partial charge in [0.05, 0.1) is 6.10 Å². The first kappa shape index (κ1) is 9.70. The van der Waals surface area contributed by atoms with Crippen molar-refractivity contribution in [1.82, 2.24) is 0 Å². The largest absolute Gasteiger partial charge is 0.393 e. The molecule has 0 radical (unpaired) electrons. The van der Waals surface area contributed by atoms with Crippen LogP contribution in [0.5, 0.6) is 0 Å². The minimum atomic E-state index is -0.227. The van der Waals surface area contributed by atoms with Crippen LogP contribution in [0.25, 0.3) is 0 Å². The fourth-order valence-corrected chi connectivity index (χ4v) is 0.558.